The maximum Gasteiger partial charge on any atom is 0.326 e. The molecule has 3 aromatic rings. The number of nitrogens with zero attached hydrogens (tertiary/aromatic N) is 2. The Morgan fingerprint density at radius 2 is 1.76 bits per heavy atom. The van der Waals surface area contributed by atoms with E-state index in [1.807, 2.05) is 38.1 Å². The number of aliphatic carboxylic acids is 2. The van der Waals surface area contributed by atoms with Gasteiger partial charge in [-0.15, -0.1) is 0 Å². The number of rotatable bonds is 10. The molecule has 3 rings (SSSR count). The summed E-state index contributed by atoms with van der Waals surface area (Å²) in [5, 5.41) is 21.1. The number of carbonyl (C=O) groups excluding carboxylic acids is 1. The molecule has 33 heavy (non-hydrogen) atoms. The topological polar surface area (TPSA) is 133 Å². The van der Waals surface area contributed by atoms with E-state index in [2.05, 4.69) is 10.3 Å². The number of benzene rings is 2. The van der Waals surface area contributed by atoms with Gasteiger partial charge in [0.15, 0.2) is 5.58 Å². The first kappa shape index (κ1) is 23.8. The average molecular weight is 453 g/mol. The minimum absolute atomic E-state index is 0.00484. The number of fused-ring (bicyclic) bond motifs is 1. The predicted molar refractivity (Wildman–Crippen MR) is 122 cm³/mol. The number of oxazole rings is 1. The molecule has 3 N–H and O–H groups in total. The average Bonchev–Trinajstić information content (AvgIpc) is 3.20. The molecule has 0 unspecified atom stereocenters. The Kier molecular flexibility index (Phi) is 7.66. The van der Waals surface area contributed by atoms with Gasteiger partial charge in [-0.1, -0.05) is 38.1 Å². The molecule has 0 aliphatic carbocycles. The van der Waals surface area contributed by atoms with Crippen LogP contribution >= 0.6 is 0 Å². The first-order valence-electron chi connectivity index (χ1n) is 10.7. The van der Waals surface area contributed by atoms with Crippen molar-refractivity contribution in [1.29, 1.82) is 0 Å². The van der Waals surface area contributed by atoms with E-state index in [9.17, 15) is 19.5 Å². The summed E-state index contributed by atoms with van der Waals surface area (Å²) in [7, 11) is 0. The summed E-state index contributed by atoms with van der Waals surface area (Å²) in [6.45, 7) is 4.12. The van der Waals surface area contributed by atoms with E-state index in [4.69, 9.17) is 9.52 Å². The zero-order chi connectivity index (χ0) is 24.0. The van der Waals surface area contributed by atoms with Crippen LogP contribution < -0.4 is 5.32 Å². The van der Waals surface area contributed by atoms with Crippen LogP contribution in [-0.2, 0) is 16.0 Å². The van der Waals surface area contributed by atoms with Crippen LogP contribution in [0.15, 0.2) is 52.9 Å². The number of urea groups is 1. The standard InChI is InChI=1S/C24H27N3O6/c1-15(2)14-27(12-11-21(28)29)24(32)26-19(23(30)31)13-16-7-9-17(10-8-16)22-25-18-5-3-4-6-20(18)33-22/h3-10,15,19H,11-14H2,1-2H3,(H,26,32)(H,28,29)(H,30,31)/t19-/m0/s1. The van der Waals surface area contributed by atoms with Gasteiger partial charge in [0.25, 0.3) is 0 Å². The third kappa shape index (κ3) is 6.55. The molecule has 9 heteroatoms. The fourth-order valence-electron chi connectivity index (χ4n) is 3.40. The summed E-state index contributed by atoms with van der Waals surface area (Å²) in [4.78, 5) is 41.1. The van der Waals surface area contributed by atoms with Crippen molar-refractivity contribution in [1.82, 2.24) is 15.2 Å². The first-order chi connectivity index (χ1) is 15.7. The number of hydrogen-bond donors (Lipinski definition) is 3. The monoisotopic (exact) mass is 453 g/mol. The van der Waals surface area contributed by atoms with Gasteiger partial charge >= 0.3 is 18.0 Å². The van der Waals surface area contributed by atoms with Crippen LogP contribution in [0.2, 0.25) is 0 Å². The van der Waals surface area contributed by atoms with Crippen molar-refractivity contribution in [3.8, 4) is 11.5 Å². The minimum Gasteiger partial charge on any atom is -0.481 e. The van der Waals surface area contributed by atoms with Crippen LogP contribution in [0.25, 0.3) is 22.6 Å². The highest BCUT2D eigenvalue weighted by Gasteiger charge is 2.24. The van der Waals surface area contributed by atoms with E-state index >= 15 is 0 Å². The Hall–Kier alpha value is -3.88. The second kappa shape index (κ2) is 10.6. The normalized spacial score (nSPS) is 12.0. The van der Waals surface area contributed by atoms with E-state index < -0.39 is 24.0 Å². The van der Waals surface area contributed by atoms with Crippen LogP contribution in [-0.4, -0.2) is 57.2 Å². The summed E-state index contributed by atoms with van der Waals surface area (Å²) in [6.07, 6.45) is -0.140. The van der Waals surface area contributed by atoms with Gasteiger partial charge in [-0.2, -0.15) is 0 Å². The highest BCUT2D eigenvalue weighted by Crippen LogP contribution is 2.24. The third-order valence-corrected chi connectivity index (χ3v) is 5.00. The zero-order valence-corrected chi connectivity index (χ0v) is 18.5. The number of amides is 2. The van der Waals surface area contributed by atoms with Gasteiger partial charge in [0.1, 0.15) is 11.6 Å². The zero-order valence-electron chi connectivity index (χ0n) is 18.5. The van der Waals surface area contributed by atoms with Crippen LogP contribution in [0.5, 0.6) is 0 Å². The van der Waals surface area contributed by atoms with Gasteiger partial charge in [0.2, 0.25) is 5.89 Å². The SMILES string of the molecule is CC(C)CN(CCC(=O)O)C(=O)N[C@@H](Cc1ccc(-c2nc3ccccc3o2)cc1)C(=O)O. The van der Waals surface area contributed by atoms with E-state index in [0.29, 0.717) is 23.6 Å². The highest BCUT2D eigenvalue weighted by atomic mass is 16.4. The lowest BCUT2D eigenvalue weighted by Gasteiger charge is -2.26. The Morgan fingerprint density at radius 3 is 2.36 bits per heavy atom. The molecular weight excluding hydrogens is 426 g/mol. The maximum absolute atomic E-state index is 12.7. The molecule has 0 aliphatic heterocycles. The van der Waals surface area contributed by atoms with Gasteiger partial charge in [-0.3, -0.25) is 4.79 Å². The lowest BCUT2D eigenvalue weighted by atomic mass is 10.0. The summed E-state index contributed by atoms with van der Waals surface area (Å²) >= 11 is 0. The molecule has 0 aliphatic rings. The molecule has 0 spiro atoms. The molecule has 0 radical (unpaired) electrons. The van der Waals surface area contributed by atoms with Gasteiger partial charge in [-0.05, 0) is 35.7 Å². The molecule has 9 nitrogen and oxygen atoms in total. The molecule has 1 heterocycles. The van der Waals surface area contributed by atoms with Gasteiger partial charge in [-0.25, -0.2) is 14.6 Å². The number of carboxylic acid groups (broad SMARTS) is 2. The second-order valence-electron chi connectivity index (χ2n) is 8.21. The first-order valence-corrected chi connectivity index (χ1v) is 10.7. The smallest absolute Gasteiger partial charge is 0.326 e. The Morgan fingerprint density at radius 1 is 1.06 bits per heavy atom. The second-order valence-corrected chi connectivity index (χ2v) is 8.21. The molecular formula is C24H27N3O6. The van der Waals surface area contributed by atoms with Crippen molar-refractivity contribution in [2.24, 2.45) is 5.92 Å². The van der Waals surface area contributed by atoms with Crippen molar-refractivity contribution < 1.29 is 29.0 Å². The quantitative estimate of drug-likeness (QED) is 0.427. The number of aromatic nitrogens is 1. The van der Waals surface area contributed by atoms with Crippen LogP contribution in [0, 0.1) is 5.92 Å². The fraction of sp³-hybridized carbons (Fsp3) is 0.333. The van der Waals surface area contributed by atoms with Crippen molar-refractivity contribution in [3.63, 3.8) is 0 Å². The van der Waals surface area contributed by atoms with Crippen LogP contribution in [0.1, 0.15) is 25.8 Å². The maximum atomic E-state index is 12.7. The Balaban J connectivity index is 1.68. The fourth-order valence-corrected chi connectivity index (χ4v) is 3.40. The Bertz CT molecular complexity index is 1090. The lowest BCUT2D eigenvalue weighted by molar-refractivity contribution is -0.139. The van der Waals surface area contributed by atoms with Gasteiger partial charge < -0.3 is 24.8 Å². The summed E-state index contributed by atoms with van der Waals surface area (Å²) in [6, 6.07) is 12.8. The van der Waals surface area contributed by atoms with Crippen LogP contribution in [0.3, 0.4) is 0 Å². The summed E-state index contributed by atoms with van der Waals surface area (Å²) in [5.41, 5.74) is 2.89. The highest BCUT2D eigenvalue weighted by molar-refractivity contribution is 5.83. The molecule has 0 bridgehead atoms. The molecule has 1 atom stereocenters. The number of hydrogen-bond acceptors (Lipinski definition) is 5. The molecule has 2 amide bonds. The van der Waals surface area contributed by atoms with Crippen molar-refractivity contribution in [3.05, 3.63) is 54.1 Å². The minimum atomic E-state index is -1.17. The third-order valence-electron chi connectivity index (χ3n) is 5.00. The lowest BCUT2D eigenvalue weighted by Crippen LogP contribution is -2.50. The van der Waals surface area contributed by atoms with E-state index in [-0.39, 0.29) is 25.3 Å². The van der Waals surface area contributed by atoms with Gasteiger partial charge in [0, 0.05) is 25.1 Å². The summed E-state index contributed by atoms with van der Waals surface area (Å²) in [5.74, 6) is -1.62. The number of para-hydroxylation sites is 2. The molecule has 0 fully saturated rings. The van der Waals surface area contributed by atoms with E-state index in [1.54, 1.807) is 24.3 Å². The Labute approximate surface area is 191 Å². The molecule has 1 aromatic heterocycles. The van der Waals surface area contributed by atoms with Crippen molar-refractivity contribution >= 4 is 29.1 Å². The molecule has 2 aromatic carbocycles. The van der Waals surface area contributed by atoms with Crippen molar-refractivity contribution in [2.45, 2.75) is 32.7 Å². The van der Waals surface area contributed by atoms with E-state index in [1.165, 1.54) is 4.90 Å². The number of carbonyl (C=O) groups is 3. The predicted octanol–water partition coefficient (Wildman–Crippen LogP) is 3.63. The van der Waals surface area contributed by atoms with Crippen molar-refractivity contribution in [2.75, 3.05) is 13.1 Å². The van der Waals surface area contributed by atoms with Crippen LogP contribution in [0.4, 0.5) is 4.79 Å². The molecule has 0 saturated carbocycles. The number of nitrogens with one attached hydrogen (secondary N) is 1. The largest absolute Gasteiger partial charge is 0.481 e. The summed E-state index contributed by atoms with van der Waals surface area (Å²) < 4.78 is 5.75. The van der Waals surface area contributed by atoms with E-state index in [0.717, 1.165) is 11.1 Å². The van der Waals surface area contributed by atoms with Gasteiger partial charge in [0.05, 0.1) is 6.42 Å². The molecule has 174 valence electrons. The number of carboxylic acids is 2. The molecule has 0 saturated heterocycles.